The smallest absolute Gasteiger partial charge is 0.419 e. The molecule has 0 amide bonds. The molecule has 3 rings (SSSR count). The van der Waals surface area contributed by atoms with Crippen molar-refractivity contribution in [1.82, 2.24) is 15.0 Å². The maximum atomic E-state index is 12.9. The first kappa shape index (κ1) is 18.4. The monoisotopic (exact) mass is 377 g/mol. The molecule has 0 radical (unpaired) electrons. The van der Waals surface area contributed by atoms with Crippen LogP contribution < -0.4 is 4.74 Å². The lowest BCUT2D eigenvalue weighted by atomic mass is 10.1. The van der Waals surface area contributed by atoms with Gasteiger partial charge in [-0.15, -0.1) is 5.10 Å². The molecule has 0 atom stereocenters. The molecule has 9 heteroatoms. The third-order valence-electron chi connectivity index (χ3n) is 3.65. The number of nitrogens with zero attached hydrogens (tertiary/aromatic N) is 3. The first-order valence-electron chi connectivity index (χ1n) is 7.83. The highest BCUT2D eigenvalue weighted by Crippen LogP contribution is 2.36. The zero-order valence-electron chi connectivity index (χ0n) is 13.8. The van der Waals surface area contributed by atoms with Gasteiger partial charge in [0.25, 0.3) is 0 Å². The van der Waals surface area contributed by atoms with Crippen LogP contribution in [0, 0.1) is 0 Å². The lowest BCUT2D eigenvalue weighted by Crippen LogP contribution is -2.11. The summed E-state index contributed by atoms with van der Waals surface area (Å²) in [5.41, 5.74) is -0.203. The van der Waals surface area contributed by atoms with Crippen LogP contribution in [0.15, 0.2) is 54.7 Å². The second kappa shape index (κ2) is 7.48. The maximum Gasteiger partial charge on any atom is 0.419 e. The van der Waals surface area contributed by atoms with Gasteiger partial charge in [0.05, 0.1) is 11.8 Å². The van der Waals surface area contributed by atoms with Gasteiger partial charge in [-0.05, 0) is 36.4 Å². The van der Waals surface area contributed by atoms with Gasteiger partial charge >= 0.3 is 6.18 Å². The van der Waals surface area contributed by atoms with E-state index in [-0.39, 0.29) is 36.1 Å². The number of hydrogen-bond donors (Lipinski definition) is 1. The number of aromatic nitrogens is 3. The molecular weight excluding hydrogens is 363 g/mol. The molecule has 2 aromatic carbocycles. The van der Waals surface area contributed by atoms with Crippen molar-refractivity contribution in [3.05, 3.63) is 71.5 Å². The Morgan fingerprint density at radius 3 is 2.52 bits per heavy atom. The molecule has 27 heavy (non-hydrogen) atoms. The fraction of sp³-hybridized carbons (Fsp3) is 0.167. The van der Waals surface area contributed by atoms with Crippen molar-refractivity contribution in [2.75, 3.05) is 0 Å². The number of phenols is 1. The van der Waals surface area contributed by atoms with E-state index in [9.17, 15) is 23.1 Å². The number of carbonyl (C=O) groups is 1. The second-order valence-electron chi connectivity index (χ2n) is 5.66. The molecule has 0 aliphatic heterocycles. The van der Waals surface area contributed by atoms with Crippen LogP contribution in [-0.2, 0) is 19.3 Å². The van der Waals surface area contributed by atoms with Crippen LogP contribution in [0.2, 0.25) is 0 Å². The number of aromatic hydroxyl groups is 1. The van der Waals surface area contributed by atoms with Gasteiger partial charge in [0, 0.05) is 5.56 Å². The molecule has 0 aliphatic rings. The van der Waals surface area contributed by atoms with E-state index in [0.717, 1.165) is 6.07 Å². The summed E-state index contributed by atoms with van der Waals surface area (Å²) in [6, 6.07) is 10.6. The minimum absolute atomic E-state index is 0.0471. The molecule has 0 unspecified atom stereocenters. The van der Waals surface area contributed by atoms with Gasteiger partial charge in [-0.1, -0.05) is 17.3 Å². The number of halogens is 3. The first-order valence-corrected chi connectivity index (χ1v) is 7.83. The maximum absolute atomic E-state index is 12.9. The number of alkyl halides is 3. The fourth-order valence-corrected chi connectivity index (χ4v) is 2.35. The Morgan fingerprint density at radius 1 is 1.11 bits per heavy atom. The number of Topliss-reactive ketones (excluding diaryl/α,β-unsaturated/α-hetero) is 1. The highest BCUT2D eigenvalue weighted by Gasteiger charge is 2.34. The Morgan fingerprint density at radius 2 is 1.81 bits per heavy atom. The summed E-state index contributed by atoms with van der Waals surface area (Å²) in [7, 11) is 0. The first-order chi connectivity index (χ1) is 12.8. The predicted octanol–water partition coefficient (Wildman–Crippen LogP) is 3.46. The van der Waals surface area contributed by atoms with Gasteiger partial charge < -0.3 is 9.84 Å². The normalized spacial score (nSPS) is 11.4. The molecule has 0 saturated heterocycles. The van der Waals surface area contributed by atoms with Crippen molar-refractivity contribution in [2.24, 2.45) is 0 Å². The largest absolute Gasteiger partial charge is 0.508 e. The van der Waals surface area contributed by atoms with E-state index in [4.69, 9.17) is 4.74 Å². The van der Waals surface area contributed by atoms with E-state index >= 15 is 0 Å². The van der Waals surface area contributed by atoms with Crippen LogP contribution in [0.5, 0.6) is 11.5 Å². The van der Waals surface area contributed by atoms with Crippen molar-refractivity contribution in [2.45, 2.75) is 19.3 Å². The number of ether oxygens (including phenoxy) is 1. The van der Waals surface area contributed by atoms with Gasteiger partial charge in [-0.25, -0.2) is 4.68 Å². The molecule has 0 fully saturated rings. The Bertz CT molecular complexity index is 937. The standard InChI is InChI=1S/C18H14F3N3O3/c19-18(20,21)15-3-1-2-4-17(15)27-11-13-9-24(23-22-13)10-16(26)12-5-7-14(25)8-6-12/h1-9,25H,10-11H2. The van der Waals surface area contributed by atoms with Gasteiger partial charge in [0.15, 0.2) is 5.78 Å². The minimum Gasteiger partial charge on any atom is -0.508 e. The highest BCUT2D eigenvalue weighted by atomic mass is 19.4. The Balaban J connectivity index is 1.64. The number of para-hydroxylation sites is 1. The zero-order chi connectivity index (χ0) is 19.4. The Kier molecular flexibility index (Phi) is 5.11. The van der Waals surface area contributed by atoms with Crippen molar-refractivity contribution < 1.29 is 27.8 Å². The molecule has 1 aromatic heterocycles. The fourth-order valence-electron chi connectivity index (χ4n) is 2.35. The van der Waals surface area contributed by atoms with E-state index in [0.29, 0.717) is 5.56 Å². The quantitative estimate of drug-likeness (QED) is 0.666. The van der Waals surface area contributed by atoms with E-state index < -0.39 is 11.7 Å². The number of benzene rings is 2. The molecule has 140 valence electrons. The lowest BCUT2D eigenvalue weighted by molar-refractivity contribution is -0.139. The number of ketones is 1. The van der Waals surface area contributed by atoms with Crippen LogP contribution in [0.1, 0.15) is 21.6 Å². The van der Waals surface area contributed by atoms with Crippen LogP contribution >= 0.6 is 0 Å². The summed E-state index contributed by atoms with van der Waals surface area (Å²) >= 11 is 0. The van der Waals surface area contributed by atoms with Gasteiger partial charge in [-0.2, -0.15) is 13.2 Å². The van der Waals surface area contributed by atoms with Crippen molar-refractivity contribution in [3.63, 3.8) is 0 Å². The summed E-state index contributed by atoms with van der Waals surface area (Å²) in [4.78, 5) is 12.1. The molecule has 3 aromatic rings. The molecule has 1 N–H and O–H groups in total. The molecule has 0 spiro atoms. The molecule has 6 nitrogen and oxygen atoms in total. The van der Waals surface area contributed by atoms with Crippen LogP contribution in [0.3, 0.4) is 0 Å². The molecule has 0 saturated carbocycles. The summed E-state index contributed by atoms with van der Waals surface area (Å²) in [6.45, 7) is -0.322. The summed E-state index contributed by atoms with van der Waals surface area (Å²) in [5.74, 6) is -0.514. The second-order valence-corrected chi connectivity index (χ2v) is 5.66. The average molecular weight is 377 g/mol. The van der Waals surface area contributed by atoms with Crippen LogP contribution in [0.4, 0.5) is 13.2 Å². The number of rotatable bonds is 6. The molecular formula is C18H14F3N3O3. The van der Waals surface area contributed by atoms with Crippen LogP contribution in [-0.4, -0.2) is 25.9 Å². The third kappa shape index (κ3) is 4.63. The molecule has 0 aliphatic carbocycles. The van der Waals surface area contributed by atoms with Crippen molar-refractivity contribution >= 4 is 5.78 Å². The zero-order valence-corrected chi connectivity index (χ0v) is 13.8. The SMILES string of the molecule is O=C(Cn1cc(COc2ccccc2C(F)(F)F)nn1)c1ccc(O)cc1. The predicted molar refractivity (Wildman–Crippen MR) is 88.2 cm³/mol. The third-order valence-corrected chi connectivity index (χ3v) is 3.65. The van der Waals surface area contributed by atoms with E-state index in [2.05, 4.69) is 10.3 Å². The van der Waals surface area contributed by atoms with E-state index in [1.54, 1.807) is 0 Å². The summed E-state index contributed by atoms with van der Waals surface area (Å²) in [6.07, 6.45) is -3.10. The van der Waals surface area contributed by atoms with Gasteiger partial charge in [-0.3, -0.25) is 4.79 Å². The Labute approximate surface area is 151 Å². The van der Waals surface area contributed by atoms with Gasteiger partial charge in [0.1, 0.15) is 30.3 Å². The lowest BCUT2D eigenvalue weighted by Gasteiger charge is -2.12. The number of carbonyl (C=O) groups excluding carboxylic acids is 1. The highest BCUT2D eigenvalue weighted by molar-refractivity contribution is 5.95. The minimum atomic E-state index is -4.52. The van der Waals surface area contributed by atoms with Crippen LogP contribution in [0.25, 0.3) is 0 Å². The Hall–Kier alpha value is -3.36. The van der Waals surface area contributed by atoms with E-state index in [1.807, 2.05) is 0 Å². The van der Waals surface area contributed by atoms with Crippen molar-refractivity contribution in [1.29, 1.82) is 0 Å². The molecule has 0 bridgehead atoms. The average Bonchev–Trinajstić information content (AvgIpc) is 3.07. The summed E-state index contributed by atoms with van der Waals surface area (Å²) in [5, 5.41) is 16.8. The van der Waals surface area contributed by atoms with Gasteiger partial charge in [0.2, 0.25) is 0 Å². The molecule has 1 heterocycles. The van der Waals surface area contributed by atoms with Crippen molar-refractivity contribution in [3.8, 4) is 11.5 Å². The number of phenolic OH excluding ortho intramolecular Hbond substituents is 1. The van der Waals surface area contributed by atoms with E-state index in [1.165, 1.54) is 53.3 Å². The summed E-state index contributed by atoms with van der Waals surface area (Å²) < 4.78 is 45.3. The topological polar surface area (TPSA) is 77.2 Å². The number of hydrogen-bond acceptors (Lipinski definition) is 5.